The first-order valence-electron chi connectivity index (χ1n) is 8.00. The summed E-state index contributed by atoms with van der Waals surface area (Å²) < 4.78 is 5.80. The molecule has 0 saturated carbocycles. The summed E-state index contributed by atoms with van der Waals surface area (Å²) in [5.41, 5.74) is 2.05. The number of rotatable bonds is 7. The van der Waals surface area contributed by atoms with E-state index in [-0.39, 0.29) is 5.91 Å². The zero-order valence-corrected chi connectivity index (χ0v) is 15.3. The molecular weight excluding hydrogens is 345 g/mol. The standard InChI is InChI=1S/C19H21Cl2NO2/c1-3-13-5-9-16(10-6-13)24-18(4-2)19(23)22-12-14-7-8-15(20)11-17(14)21/h5-11,18H,3-4,12H2,1-2H3,(H,22,23)/t18-/m0/s1. The number of ether oxygens (including phenoxy) is 1. The topological polar surface area (TPSA) is 38.3 Å². The lowest BCUT2D eigenvalue weighted by Crippen LogP contribution is -2.37. The van der Waals surface area contributed by atoms with Crippen LogP contribution in [0.1, 0.15) is 31.4 Å². The summed E-state index contributed by atoms with van der Waals surface area (Å²) in [6.07, 6.45) is 1.01. The molecule has 2 aromatic carbocycles. The van der Waals surface area contributed by atoms with Crippen molar-refractivity contribution in [3.63, 3.8) is 0 Å². The van der Waals surface area contributed by atoms with Crippen LogP contribution in [0.2, 0.25) is 10.0 Å². The van der Waals surface area contributed by atoms with Gasteiger partial charge in [0.25, 0.3) is 5.91 Å². The lowest BCUT2D eigenvalue weighted by atomic mass is 10.1. The molecular formula is C19H21Cl2NO2. The van der Waals surface area contributed by atoms with Crippen LogP contribution >= 0.6 is 23.2 Å². The summed E-state index contributed by atoms with van der Waals surface area (Å²) in [4.78, 5) is 12.3. The molecule has 24 heavy (non-hydrogen) atoms. The molecule has 1 amide bonds. The monoisotopic (exact) mass is 365 g/mol. The van der Waals surface area contributed by atoms with E-state index in [1.165, 1.54) is 5.56 Å². The fraction of sp³-hybridized carbons (Fsp3) is 0.316. The van der Waals surface area contributed by atoms with E-state index in [1.807, 2.05) is 31.2 Å². The van der Waals surface area contributed by atoms with Gasteiger partial charge in [-0.25, -0.2) is 0 Å². The second kappa shape index (κ2) is 8.95. The molecule has 0 unspecified atom stereocenters. The second-order valence-corrected chi connectivity index (χ2v) is 6.31. The zero-order chi connectivity index (χ0) is 17.5. The van der Waals surface area contributed by atoms with Gasteiger partial charge in [-0.3, -0.25) is 4.79 Å². The van der Waals surface area contributed by atoms with E-state index >= 15 is 0 Å². The Bertz CT molecular complexity index is 686. The Kier molecular flexibility index (Phi) is 6.95. The first-order valence-corrected chi connectivity index (χ1v) is 8.76. The first kappa shape index (κ1) is 18.6. The van der Waals surface area contributed by atoms with Crippen LogP contribution in [-0.4, -0.2) is 12.0 Å². The normalized spacial score (nSPS) is 11.8. The molecule has 0 aromatic heterocycles. The average molecular weight is 366 g/mol. The number of hydrogen-bond acceptors (Lipinski definition) is 2. The molecule has 0 fully saturated rings. The minimum atomic E-state index is -0.538. The van der Waals surface area contributed by atoms with Crippen LogP contribution in [0, 0.1) is 0 Å². The van der Waals surface area contributed by atoms with Crippen LogP contribution in [0.4, 0.5) is 0 Å². The highest BCUT2D eigenvalue weighted by atomic mass is 35.5. The first-order chi connectivity index (χ1) is 11.5. The summed E-state index contributed by atoms with van der Waals surface area (Å²) in [5, 5.41) is 3.97. The second-order valence-electron chi connectivity index (χ2n) is 5.47. The molecule has 0 bridgehead atoms. The molecule has 5 heteroatoms. The molecule has 0 aliphatic heterocycles. The van der Waals surface area contributed by atoms with Gasteiger partial charge >= 0.3 is 0 Å². The lowest BCUT2D eigenvalue weighted by Gasteiger charge is -2.18. The predicted octanol–water partition coefficient (Wildman–Crippen LogP) is 5.03. The van der Waals surface area contributed by atoms with Gasteiger partial charge in [-0.15, -0.1) is 0 Å². The third-order valence-electron chi connectivity index (χ3n) is 3.74. The van der Waals surface area contributed by atoms with Crippen molar-refractivity contribution < 1.29 is 9.53 Å². The van der Waals surface area contributed by atoms with Crippen LogP contribution in [0.15, 0.2) is 42.5 Å². The van der Waals surface area contributed by atoms with E-state index < -0.39 is 6.10 Å². The Morgan fingerprint density at radius 1 is 1.12 bits per heavy atom. The van der Waals surface area contributed by atoms with Gasteiger partial charge in [0.05, 0.1) is 0 Å². The van der Waals surface area contributed by atoms with Crippen molar-refractivity contribution in [2.75, 3.05) is 0 Å². The van der Waals surface area contributed by atoms with Crippen LogP contribution in [0.25, 0.3) is 0 Å². The van der Waals surface area contributed by atoms with Gasteiger partial charge in [-0.2, -0.15) is 0 Å². The zero-order valence-electron chi connectivity index (χ0n) is 13.8. The molecule has 2 rings (SSSR count). The molecule has 0 heterocycles. The number of aryl methyl sites for hydroxylation is 1. The summed E-state index contributed by atoms with van der Waals surface area (Å²) in [6, 6.07) is 13.0. The molecule has 0 aliphatic carbocycles. The SMILES string of the molecule is CCc1ccc(O[C@@H](CC)C(=O)NCc2ccc(Cl)cc2Cl)cc1. The number of carbonyl (C=O) groups is 1. The maximum absolute atomic E-state index is 12.3. The highest BCUT2D eigenvalue weighted by Crippen LogP contribution is 2.21. The van der Waals surface area contributed by atoms with E-state index in [1.54, 1.807) is 18.2 Å². The van der Waals surface area contributed by atoms with Crippen LogP contribution in [0.3, 0.4) is 0 Å². The number of halogens is 2. The van der Waals surface area contributed by atoms with Crippen molar-refractivity contribution >= 4 is 29.1 Å². The van der Waals surface area contributed by atoms with E-state index in [9.17, 15) is 4.79 Å². The van der Waals surface area contributed by atoms with E-state index in [4.69, 9.17) is 27.9 Å². The van der Waals surface area contributed by atoms with Gasteiger partial charge in [-0.05, 0) is 48.2 Å². The number of nitrogens with one attached hydrogen (secondary N) is 1. The highest BCUT2D eigenvalue weighted by Gasteiger charge is 2.18. The van der Waals surface area contributed by atoms with E-state index in [0.717, 1.165) is 12.0 Å². The summed E-state index contributed by atoms with van der Waals surface area (Å²) >= 11 is 12.0. The van der Waals surface area contributed by atoms with E-state index in [2.05, 4.69) is 12.2 Å². The molecule has 0 radical (unpaired) electrons. The van der Waals surface area contributed by atoms with Crippen molar-refractivity contribution in [2.24, 2.45) is 0 Å². The number of amides is 1. The van der Waals surface area contributed by atoms with Crippen LogP contribution in [-0.2, 0) is 17.8 Å². The maximum atomic E-state index is 12.3. The van der Waals surface area contributed by atoms with Crippen molar-refractivity contribution in [3.05, 3.63) is 63.6 Å². The quantitative estimate of drug-likeness (QED) is 0.746. The minimum Gasteiger partial charge on any atom is -0.481 e. The molecule has 128 valence electrons. The highest BCUT2D eigenvalue weighted by molar-refractivity contribution is 6.35. The van der Waals surface area contributed by atoms with Crippen molar-refractivity contribution in [2.45, 2.75) is 39.3 Å². The Morgan fingerprint density at radius 2 is 1.83 bits per heavy atom. The van der Waals surface area contributed by atoms with Gasteiger partial charge in [0, 0.05) is 16.6 Å². The predicted molar refractivity (Wildman–Crippen MR) is 98.8 cm³/mol. The average Bonchev–Trinajstić information content (AvgIpc) is 2.59. The van der Waals surface area contributed by atoms with Crippen molar-refractivity contribution in [1.82, 2.24) is 5.32 Å². The molecule has 0 saturated heterocycles. The van der Waals surface area contributed by atoms with Gasteiger partial charge in [0.2, 0.25) is 0 Å². The molecule has 3 nitrogen and oxygen atoms in total. The number of carbonyl (C=O) groups excluding carboxylic acids is 1. The molecule has 2 aromatic rings. The van der Waals surface area contributed by atoms with Crippen molar-refractivity contribution in [3.8, 4) is 5.75 Å². The van der Waals surface area contributed by atoms with E-state index in [0.29, 0.717) is 28.8 Å². The Labute approximate surface area is 152 Å². The molecule has 1 N–H and O–H groups in total. The van der Waals surface area contributed by atoms with Crippen LogP contribution in [0.5, 0.6) is 5.75 Å². The molecule has 1 atom stereocenters. The summed E-state index contributed by atoms with van der Waals surface area (Å²) in [6.45, 7) is 4.35. The van der Waals surface area contributed by atoms with Gasteiger partial charge in [0.15, 0.2) is 6.10 Å². The van der Waals surface area contributed by atoms with Crippen LogP contribution < -0.4 is 10.1 Å². The van der Waals surface area contributed by atoms with Crippen molar-refractivity contribution in [1.29, 1.82) is 0 Å². The Hall–Kier alpha value is -1.71. The third kappa shape index (κ3) is 5.15. The maximum Gasteiger partial charge on any atom is 0.261 e. The summed E-state index contributed by atoms with van der Waals surface area (Å²) in [7, 11) is 0. The smallest absolute Gasteiger partial charge is 0.261 e. The summed E-state index contributed by atoms with van der Waals surface area (Å²) in [5.74, 6) is 0.529. The lowest BCUT2D eigenvalue weighted by molar-refractivity contribution is -0.128. The Morgan fingerprint density at radius 3 is 2.42 bits per heavy atom. The van der Waals surface area contributed by atoms with Gasteiger partial charge < -0.3 is 10.1 Å². The Balaban J connectivity index is 1.95. The molecule has 0 aliphatic rings. The third-order valence-corrected chi connectivity index (χ3v) is 4.33. The number of hydrogen-bond donors (Lipinski definition) is 1. The van der Waals surface area contributed by atoms with Gasteiger partial charge in [-0.1, -0.05) is 55.2 Å². The molecule has 0 spiro atoms. The fourth-order valence-corrected chi connectivity index (χ4v) is 2.73. The minimum absolute atomic E-state index is 0.164. The van der Waals surface area contributed by atoms with Gasteiger partial charge in [0.1, 0.15) is 5.75 Å². The number of benzene rings is 2. The largest absolute Gasteiger partial charge is 0.481 e. The fourth-order valence-electron chi connectivity index (χ4n) is 2.25.